The number of hydrogen-bond acceptors (Lipinski definition) is 7. The monoisotopic (exact) mass is 271 g/mol. The quantitative estimate of drug-likeness (QED) is 0.550. The minimum atomic E-state index is -1.94. The zero-order valence-corrected chi connectivity index (χ0v) is 11.4. The molecule has 0 amide bonds. The Balaban J connectivity index is 3.58. The first-order valence-electron chi connectivity index (χ1n) is 5.85. The van der Waals surface area contributed by atoms with Gasteiger partial charge in [0.15, 0.2) is 10.8 Å². The molecule has 0 heterocycles. The molecule has 0 aromatic carbocycles. The van der Waals surface area contributed by atoms with Gasteiger partial charge in [0.25, 0.3) is 0 Å². The molecule has 1 aliphatic rings. The molecule has 0 aromatic heterocycles. The molecule has 0 saturated heterocycles. The van der Waals surface area contributed by atoms with Crippen LogP contribution in [0.5, 0.6) is 0 Å². The second kappa shape index (κ2) is 5.13. The maximum atomic E-state index is 11.0. The molecular weight excluding hydrogens is 258 g/mol. The minimum absolute atomic E-state index is 0.173. The van der Waals surface area contributed by atoms with Crippen LogP contribution < -0.4 is 0 Å². The third-order valence-electron chi connectivity index (χ3n) is 3.92. The predicted octanol–water partition coefficient (Wildman–Crippen LogP) is 0.922. The maximum Gasteiger partial charge on any atom is 0.199 e. The minimum Gasteiger partial charge on any atom is -0.208 e. The number of hydrazine groups is 1. The van der Waals surface area contributed by atoms with Crippen molar-refractivity contribution in [1.82, 2.24) is 10.1 Å². The molecule has 20 heavy (non-hydrogen) atoms. The highest BCUT2D eigenvalue weighted by Crippen LogP contribution is 2.57. The topological polar surface area (TPSA) is 131 Å². The van der Waals surface area contributed by atoms with Crippen LogP contribution in [0.2, 0.25) is 0 Å². The summed E-state index contributed by atoms with van der Waals surface area (Å²) in [6, 6.07) is 6.29. The second-order valence-electron chi connectivity index (χ2n) is 4.97. The van der Waals surface area contributed by atoms with Crippen molar-refractivity contribution in [1.29, 1.82) is 21.0 Å². The summed E-state index contributed by atoms with van der Waals surface area (Å²) in [5, 5.41) is 42.8. The third-order valence-corrected chi connectivity index (χ3v) is 3.92. The number of nitroso groups, excluding NO2 is 1. The molecule has 0 unspecified atom stereocenters. The van der Waals surface area contributed by atoms with Crippen molar-refractivity contribution in [3.8, 4) is 24.3 Å². The van der Waals surface area contributed by atoms with E-state index in [1.807, 2.05) is 12.1 Å². The van der Waals surface area contributed by atoms with E-state index >= 15 is 0 Å². The maximum absolute atomic E-state index is 11.0. The summed E-state index contributed by atoms with van der Waals surface area (Å²) in [6.07, 6.45) is 0.173. The highest BCUT2D eigenvalue weighted by Gasteiger charge is 2.69. The lowest BCUT2D eigenvalue weighted by molar-refractivity contribution is -0.0421. The summed E-state index contributed by atoms with van der Waals surface area (Å²) in [7, 11) is 3.06. The fraction of sp³-hybridized carbons (Fsp3) is 0.667. The van der Waals surface area contributed by atoms with Crippen LogP contribution in [0.4, 0.5) is 0 Å². The van der Waals surface area contributed by atoms with E-state index in [4.69, 9.17) is 0 Å². The lowest BCUT2D eigenvalue weighted by Gasteiger charge is -2.35. The highest BCUT2D eigenvalue weighted by molar-refractivity contribution is 5.41. The van der Waals surface area contributed by atoms with Crippen LogP contribution in [-0.4, -0.2) is 30.3 Å². The Hall–Kier alpha value is -2.68. The van der Waals surface area contributed by atoms with Crippen molar-refractivity contribution in [3.05, 3.63) is 4.91 Å². The molecule has 8 heteroatoms. The summed E-state index contributed by atoms with van der Waals surface area (Å²) < 4.78 is 0. The Morgan fingerprint density at radius 3 is 1.80 bits per heavy atom. The Labute approximate surface area is 116 Å². The standard InChI is InChI=1S/C12H13N7O/c1-9-4-10(19(17-20)18(2)3)12(7-15,8-16)11(9,5-13)6-14/h9-10H,4H2,1-3H3/t9-,10+/m0/s1. The van der Waals surface area contributed by atoms with Gasteiger partial charge < -0.3 is 0 Å². The number of rotatable bonds is 3. The molecule has 0 N–H and O–H groups in total. The molecule has 1 saturated carbocycles. The van der Waals surface area contributed by atoms with Crippen LogP contribution in [0.25, 0.3) is 0 Å². The van der Waals surface area contributed by atoms with Gasteiger partial charge in [-0.15, -0.1) is 4.91 Å². The van der Waals surface area contributed by atoms with Crippen molar-refractivity contribution in [2.75, 3.05) is 14.1 Å². The molecular formula is C12H13N7O. The van der Waals surface area contributed by atoms with Gasteiger partial charge in [-0.05, 0) is 12.3 Å². The SMILES string of the molecule is C[C@H]1C[C@@H](N(N=O)N(C)C)C(C#N)(C#N)C1(C#N)C#N. The smallest absolute Gasteiger partial charge is 0.199 e. The van der Waals surface area contributed by atoms with Gasteiger partial charge in [-0.25, -0.2) is 5.01 Å². The Morgan fingerprint density at radius 1 is 1.05 bits per heavy atom. The average molecular weight is 271 g/mol. The van der Waals surface area contributed by atoms with Gasteiger partial charge in [0.2, 0.25) is 0 Å². The molecule has 0 aromatic rings. The summed E-state index contributed by atoms with van der Waals surface area (Å²) in [5.41, 5.74) is -3.73. The van der Waals surface area contributed by atoms with Crippen LogP contribution in [0.3, 0.4) is 0 Å². The fourth-order valence-corrected chi connectivity index (χ4v) is 2.79. The molecule has 8 nitrogen and oxygen atoms in total. The van der Waals surface area contributed by atoms with Crippen LogP contribution in [0.1, 0.15) is 13.3 Å². The van der Waals surface area contributed by atoms with E-state index in [2.05, 4.69) is 5.29 Å². The van der Waals surface area contributed by atoms with Crippen LogP contribution in [0.15, 0.2) is 5.29 Å². The summed E-state index contributed by atoms with van der Waals surface area (Å²) in [4.78, 5) is 11.0. The van der Waals surface area contributed by atoms with E-state index in [1.54, 1.807) is 19.1 Å². The van der Waals surface area contributed by atoms with Crippen molar-refractivity contribution in [2.45, 2.75) is 19.4 Å². The van der Waals surface area contributed by atoms with Crippen LogP contribution in [-0.2, 0) is 0 Å². The van der Waals surface area contributed by atoms with E-state index < -0.39 is 22.8 Å². The fourth-order valence-electron chi connectivity index (χ4n) is 2.79. The van der Waals surface area contributed by atoms with E-state index in [9.17, 15) is 26.0 Å². The molecule has 1 aliphatic carbocycles. The van der Waals surface area contributed by atoms with Crippen molar-refractivity contribution in [3.63, 3.8) is 0 Å². The summed E-state index contributed by atoms with van der Waals surface area (Å²) in [6.45, 7) is 1.62. The van der Waals surface area contributed by atoms with Crippen molar-refractivity contribution in [2.24, 2.45) is 22.0 Å². The van der Waals surface area contributed by atoms with E-state index in [0.29, 0.717) is 0 Å². The second-order valence-corrected chi connectivity index (χ2v) is 4.97. The third kappa shape index (κ3) is 1.60. The molecule has 0 spiro atoms. The normalized spacial score (nSPS) is 25.8. The molecule has 1 rings (SSSR count). The lowest BCUT2D eigenvalue weighted by atomic mass is 9.64. The van der Waals surface area contributed by atoms with Crippen molar-refractivity contribution >= 4 is 0 Å². The van der Waals surface area contributed by atoms with Crippen molar-refractivity contribution < 1.29 is 0 Å². The zero-order valence-electron chi connectivity index (χ0n) is 11.4. The van der Waals surface area contributed by atoms with E-state index in [0.717, 1.165) is 5.12 Å². The molecule has 0 aliphatic heterocycles. The number of nitriles is 4. The van der Waals surface area contributed by atoms with Crippen LogP contribution in [0, 0.1) is 67.0 Å². The van der Waals surface area contributed by atoms with Gasteiger partial charge in [0.05, 0.1) is 29.6 Å². The first-order chi connectivity index (χ1) is 9.40. The molecule has 2 atom stereocenters. The van der Waals surface area contributed by atoms with Crippen LogP contribution >= 0.6 is 0 Å². The molecule has 1 fully saturated rings. The highest BCUT2D eigenvalue weighted by atomic mass is 16.3. The van der Waals surface area contributed by atoms with E-state index in [-0.39, 0.29) is 6.42 Å². The van der Waals surface area contributed by atoms with Gasteiger partial charge in [0.1, 0.15) is 6.04 Å². The van der Waals surface area contributed by atoms with E-state index in [1.165, 1.54) is 19.1 Å². The Bertz CT molecular complexity index is 543. The van der Waals surface area contributed by atoms with Gasteiger partial charge in [-0.1, -0.05) is 6.92 Å². The average Bonchev–Trinajstić information content (AvgIpc) is 2.68. The first-order valence-corrected chi connectivity index (χ1v) is 5.85. The largest absolute Gasteiger partial charge is 0.208 e. The molecule has 102 valence electrons. The molecule has 0 bridgehead atoms. The lowest BCUT2D eigenvalue weighted by Crippen LogP contribution is -2.51. The van der Waals surface area contributed by atoms with Gasteiger partial charge in [-0.2, -0.15) is 26.2 Å². The molecule has 0 radical (unpaired) electrons. The Kier molecular flexibility index (Phi) is 3.95. The first kappa shape index (κ1) is 15.4. The van der Waals surface area contributed by atoms with Gasteiger partial charge in [0, 0.05) is 14.1 Å². The Morgan fingerprint density at radius 2 is 1.50 bits per heavy atom. The van der Waals surface area contributed by atoms with Gasteiger partial charge in [-0.3, -0.25) is 0 Å². The summed E-state index contributed by atoms with van der Waals surface area (Å²) >= 11 is 0. The zero-order chi connectivity index (χ0) is 15.6. The number of hydrogen-bond donors (Lipinski definition) is 0. The van der Waals surface area contributed by atoms with Gasteiger partial charge >= 0.3 is 0 Å². The summed E-state index contributed by atoms with van der Waals surface area (Å²) in [5.74, 6) is -0.536. The number of nitrogens with zero attached hydrogens (tertiary/aromatic N) is 7. The predicted molar refractivity (Wildman–Crippen MR) is 66.2 cm³/mol.